The molecule has 20 heavy (non-hydrogen) atoms. The van der Waals surface area contributed by atoms with Crippen molar-refractivity contribution in [1.29, 1.82) is 0 Å². The molecule has 108 valence electrons. The zero-order valence-electron chi connectivity index (χ0n) is 12.7. The number of hydrogen-bond acceptors (Lipinski definition) is 3. The summed E-state index contributed by atoms with van der Waals surface area (Å²) in [4.78, 5) is 0. The van der Waals surface area contributed by atoms with Gasteiger partial charge in [-0.25, -0.2) is 0 Å². The van der Waals surface area contributed by atoms with Gasteiger partial charge in [0.25, 0.3) is 0 Å². The van der Waals surface area contributed by atoms with Crippen LogP contribution in [0, 0.1) is 6.92 Å². The van der Waals surface area contributed by atoms with Gasteiger partial charge < -0.3 is 10.1 Å². The Bertz CT molecular complexity index is 563. The minimum Gasteiger partial charge on any atom is -0.496 e. The number of rotatable bonds is 6. The van der Waals surface area contributed by atoms with Crippen LogP contribution in [-0.2, 0) is 13.5 Å². The second kappa shape index (κ2) is 6.57. The van der Waals surface area contributed by atoms with E-state index in [1.165, 1.54) is 11.1 Å². The van der Waals surface area contributed by atoms with E-state index in [4.69, 9.17) is 4.74 Å². The van der Waals surface area contributed by atoms with Crippen LogP contribution in [-0.4, -0.2) is 23.4 Å². The van der Waals surface area contributed by atoms with Gasteiger partial charge in [0.05, 0.1) is 12.8 Å². The van der Waals surface area contributed by atoms with Crippen LogP contribution in [0.2, 0.25) is 0 Å². The van der Waals surface area contributed by atoms with E-state index in [1.807, 2.05) is 24.0 Å². The number of methoxy groups -OCH3 is 1. The summed E-state index contributed by atoms with van der Waals surface area (Å²) < 4.78 is 7.27. The van der Waals surface area contributed by atoms with Crippen LogP contribution in [0.5, 0.6) is 5.75 Å². The van der Waals surface area contributed by atoms with E-state index >= 15 is 0 Å². The Hall–Kier alpha value is -1.81. The molecule has 0 bridgehead atoms. The first-order chi connectivity index (χ1) is 9.60. The van der Waals surface area contributed by atoms with E-state index < -0.39 is 0 Å². The van der Waals surface area contributed by atoms with Gasteiger partial charge in [0.15, 0.2) is 0 Å². The summed E-state index contributed by atoms with van der Waals surface area (Å²) in [6.45, 7) is 5.16. The smallest absolute Gasteiger partial charge is 0.123 e. The summed E-state index contributed by atoms with van der Waals surface area (Å²) in [6, 6.07) is 8.59. The molecule has 0 saturated carbocycles. The maximum absolute atomic E-state index is 5.43. The van der Waals surface area contributed by atoms with Crippen molar-refractivity contribution < 1.29 is 4.74 Å². The van der Waals surface area contributed by atoms with Gasteiger partial charge >= 0.3 is 0 Å². The molecule has 0 amide bonds. The van der Waals surface area contributed by atoms with Gasteiger partial charge in [-0.15, -0.1) is 0 Å². The van der Waals surface area contributed by atoms with Gasteiger partial charge in [-0.2, -0.15) is 5.10 Å². The zero-order valence-corrected chi connectivity index (χ0v) is 12.7. The highest BCUT2D eigenvalue weighted by molar-refractivity contribution is 5.38. The molecular weight excluding hydrogens is 250 g/mol. The number of nitrogens with zero attached hydrogens (tertiary/aromatic N) is 2. The average Bonchev–Trinajstić information content (AvgIpc) is 2.84. The third-order valence-electron chi connectivity index (χ3n) is 3.45. The Balaban J connectivity index is 1.94. The Morgan fingerprint density at radius 3 is 2.80 bits per heavy atom. The molecule has 1 aromatic heterocycles. The van der Waals surface area contributed by atoms with Crippen LogP contribution in [0.4, 0.5) is 0 Å². The van der Waals surface area contributed by atoms with Crippen LogP contribution < -0.4 is 10.1 Å². The van der Waals surface area contributed by atoms with Gasteiger partial charge in [-0.05, 0) is 26.0 Å². The molecule has 1 atom stereocenters. The molecule has 0 saturated heterocycles. The molecule has 0 radical (unpaired) electrons. The summed E-state index contributed by atoms with van der Waals surface area (Å²) in [7, 11) is 3.66. The maximum atomic E-state index is 5.43. The lowest BCUT2D eigenvalue weighted by Crippen LogP contribution is -2.22. The highest BCUT2D eigenvalue weighted by Gasteiger charge is 2.11. The summed E-state index contributed by atoms with van der Waals surface area (Å²) in [5.41, 5.74) is 3.57. The summed E-state index contributed by atoms with van der Waals surface area (Å²) in [6.07, 6.45) is 2.90. The minimum absolute atomic E-state index is 0.258. The van der Waals surface area contributed by atoms with Gasteiger partial charge in [-0.3, -0.25) is 4.68 Å². The topological polar surface area (TPSA) is 39.1 Å². The van der Waals surface area contributed by atoms with Crippen molar-refractivity contribution in [2.24, 2.45) is 7.05 Å². The van der Waals surface area contributed by atoms with E-state index in [0.29, 0.717) is 0 Å². The van der Waals surface area contributed by atoms with Crippen LogP contribution in [0.15, 0.2) is 30.5 Å². The Kier molecular flexibility index (Phi) is 4.79. The molecule has 2 aromatic rings. The van der Waals surface area contributed by atoms with Crippen molar-refractivity contribution in [3.05, 3.63) is 47.3 Å². The van der Waals surface area contributed by atoms with Crippen molar-refractivity contribution >= 4 is 0 Å². The predicted molar refractivity (Wildman–Crippen MR) is 81.1 cm³/mol. The van der Waals surface area contributed by atoms with Crippen LogP contribution in [0.1, 0.15) is 29.8 Å². The first-order valence-corrected chi connectivity index (χ1v) is 6.96. The second-order valence-electron chi connectivity index (χ2n) is 5.15. The van der Waals surface area contributed by atoms with E-state index in [9.17, 15) is 0 Å². The molecule has 0 aliphatic carbocycles. The first-order valence-electron chi connectivity index (χ1n) is 6.96. The molecule has 4 nitrogen and oxygen atoms in total. The fraction of sp³-hybridized carbons (Fsp3) is 0.438. The van der Waals surface area contributed by atoms with Crippen LogP contribution >= 0.6 is 0 Å². The molecule has 0 aliphatic rings. The molecular formula is C16H23N3O. The van der Waals surface area contributed by atoms with E-state index in [2.05, 4.69) is 42.5 Å². The largest absolute Gasteiger partial charge is 0.496 e. The lowest BCUT2D eigenvalue weighted by molar-refractivity contribution is 0.401. The van der Waals surface area contributed by atoms with E-state index in [0.717, 1.165) is 24.4 Å². The van der Waals surface area contributed by atoms with Gasteiger partial charge in [-0.1, -0.05) is 17.7 Å². The zero-order chi connectivity index (χ0) is 14.5. The maximum Gasteiger partial charge on any atom is 0.123 e. The quantitative estimate of drug-likeness (QED) is 0.879. The molecule has 2 rings (SSSR count). The van der Waals surface area contributed by atoms with Crippen molar-refractivity contribution in [3.63, 3.8) is 0 Å². The second-order valence-corrected chi connectivity index (χ2v) is 5.15. The number of ether oxygens (including phenoxy) is 1. The highest BCUT2D eigenvalue weighted by atomic mass is 16.5. The fourth-order valence-corrected chi connectivity index (χ4v) is 2.32. The lowest BCUT2D eigenvalue weighted by atomic mass is 10.0. The number of benzene rings is 1. The third kappa shape index (κ3) is 3.61. The van der Waals surface area contributed by atoms with Crippen molar-refractivity contribution in [1.82, 2.24) is 15.1 Å². The lowest BCUT2D eigenvalue weighted by Gasteiger charge is -2.17. The van der Waals surface area contributed by atoms with Crippen molar-refractivity contribution in [2.75, 3.05) is 13.7 Å². The number of aromatic nitrogens is 2. The minimum atomic E-state index is 0.258. The van der Waals surface area contributed by atoms with Gasteiger partial charge in [0.2, 0.25) is 0 Å². The van der Waals surface area contributed by atoms with Crippen LogP contribution in [0.3, 0.4) is 0 Å². The van der Waals surface area contributed by atoms with Crippen LogP contribution in [0.25, 0.3) is 0 Å². The van der Waals surface area contributed by atoms with Gasteiger partial charge in [0, 0.05) is 37.8 Å². The first kappa shape index (κ1) is 14.6. The number of nitrogens with one attached hydrogen (secondary N) is 1. The highest BCUT2D eigenvalue weighted by Crippen LogP contribution is 2.25. The molecule has 0 aliphatic heterocycles. The fourth-order valence-electron chi connectivity index (χ4n) is 2.32. The summed E-state index contributed by atoms with van der Waals surface area (Å²) in [5, 5.41) is 7.91. The molecule has 1 unspecified atom stereocenters. The average molecular weight is 273 g/mol. The monoisotopic (exact) mass is 273 g/mol. The van der Waals surface area contributed by atoms with E-state index in [1.54, 1.807) is 7.11 Å². The van der Waals surface area contributed by atoms with Crippen molar-refractivity contribution in [2.45, 2.75) is 26.3 Å². The Morgan fingerprint density at radius 2 is 2.15 bits per heavy atom. The third-order valence-corrected chi connectivity index (χ3v) is 3.45. The molecule has 0 spiro atoms. The Labute approximate surface area is 120 Å². The standard InChI is InChI=1S/C16H23N3O/c1-12-5-6-16(20-4)15(11-12)13(2)17-9-7-14-8-10-19(3)18-14/h5-6,8,10-11,13,17H,7,9H2,1-4H3. The SMILES string of the molecule is COc1ccc(C)cc1C(C)NCCc1ccn(C)n1. The predicted octanol–water partition coefficient (Wildman–Crippen LogP) is 2.63. The van der Waals surface area contributed by atoms with Crippen molar-refractivity contribution in [3.8, 4) is 5.75 Å². The van der Waals surface area contributed by atoms with E-state index in [-0.39, 0.29) is 6.04 Å². The number of hydrogen-bond donors (Lipinski definition) is 1. The number of aryl methyl sites for hydroxylation is 2. The normalized spacial score (nSPS) is 12.4. The summed E-state index contributed by atoms with van der Waals surface area (Å²) in [5.74, 6) is 0.938. The molecule has 4 heteroatoms. The molecule has 1 aromatic carbocycles. The molecule has 1 N–H and O–H groups in total. The van der Waals surface area contributed by atoms with Gasteiger partial charge in [0.1, 0.15) is 5.75 Å². The molecule has 1 heterocycles. The summed E-state index contributed by atoms with van der Waals surface area (Å²) >= 11 is 0. The Morgan fingerprint density at radius 1 is 1.35 bits per heavy atom. The molecule has 0 fully saturated rings.